The fraction of sp³-hybridized carbons (Fsp3) is 0.600. The molecule has 362 valence electrons. The van der Waals surface area contributed by atoms with Gasteiger partial charge in [-0.05, 0) is 46.1 Å². The van der Waals surface area contributed by atoms with Crippen LogP contribution in [0.25, 0.3) is 0 Å². The van der Waals surface area contributed by atoms with Gasteiger partial charge in [0.25, 0.3) is 0 Å². The van der Waals surface area contributed by atoms with E-state index in [4.69, 9.17) is 24.7 Å². The van der Waals surface area contributed by atoms with Crippen molar-refractivity contribution in [3.63, 3.8) is 0 Å². The molecule has 24 heteroatoms. The first kappa shape index (κ1) is 56.6. The number of carbonyl (C=O) groups excluding carboxylic acids is 4. The van der Waals surface area contributed by atoms with E-state index in [1.54, 1.807) is 25.0 Å². The second-order valence-electron chi connectivity index (χ2n) is 14.1. The van der Waals surface area contributed by atoms with Crippen LogP contribution in [0.4, 0.5) is 31.5 Å². The zero-order valence-electron chi connectivity index (χ0n) is 36.3. The molecule has 2 aromatic heterocycles. The fourth-order valence-electron chi connectivity index (χ4n) is 4.41. The van der Waals surface area contributed by atoms with Crippen LogP contribution in [0.2, 0.25) is 0 Å². The summed E-state index contributed by atoms with van der Waals surface area (Å²) in [7, 11) is 0. The number of aliphatic hydroxyl groups is 2. The standard InChI is InChI=1S/C17H19F5O7.C17H29N3O6.C6H11N3/c1-3-4-26-5-6-27-16(25)28-8-17(2,7-23)15(24)29-14-12(21)10(19)9(18)11(20)13(14)22;1-3-9-24-10-11-25-16(23)26-13-17(2,12-21)15(22)19-5-4-7-20-8-6-18-14-20;7-2-1-4-9-5-3-8-6-9/h23H,3-8H2,1-2H3;6,8,14,21H,3-5,7,9-13H2,1-2H3,(H,19,22);3,5-6H,1-2,4,7H2. The van der Waals surface area contributed by atoms with Crippen molar-refractivity contribution in [3.8, 4) is 5.75 Å². The molecule has 1 aromatic carbocycles. The molecule has 1 amide bonds. The Morgan fingerprint density at radius 2 is 1.12 bits per heavy atom. The first-order chi connectivity index (χ1) is 30.5. The number of carbonyl (C=O) groups is 4. The molecule has 0 radical (unpaired) electrons. The lowest BCUT2D eigenvalue weighted by Crippen LogP contribution is -2.45. The van der Waals surface area contributed by atoms with Crippen LogP contribution in [0.5, 0.6) is 5.75 Å². The average Bonchev–Trinajstić information content (AvgIpc) is 4.04. The summed E-state index contributed by atoms with van der Waals surface area (Å²) in [5.74, 6) is -15.7. The van der Waals surface area contributed by atoms with Crippen LogP contribution in [-0.2, 0) is 51.1 Å². The van der Waals surface area contributed by atoms with Gasteiger partial charge in [-0.3, -0.25) is 9.59 Å². The van der Waals surface area contributed by atoms with E-state index >= 15 is 0 Å². The molecule has 2 atom stereocenters. The third-order valence-electron chi connectivity index (χ3n) is 8.33. The highest BCUT2D eigenvalue weighted by molar-refractivity contribution is 5.82. The van der Waals surface area contributed by atoms with Crippen LogP contribution in [0, 0.1) is 39.9 Å². The highest BCUT2D eigenvalue weighted by Gasteiger charge is 2.39. The third kappa shape index (κ3) is 20.8. The zero-order chi connectivity index (χ0) is 48.0. The smallest absolute Gasteiger partial charge is 0.433 e. The third-order valence-corrected chi connectivity index (χ3v) is 8.33. The van der Waals surface area contributed by atoms with Crippen LogP contribution in [-0.4, -0.2) is 133 Å². The van der Waals surface area contributed by atoms with E-state index in [1.165, 1.54) is 6.92 Å². The molecule has 0 bridgehead atoms. The summed E-state index contributed by atoms with van der Waals surface area (Å²) < 4.78 is 104. The molecule has 5 N–H and O–H groups in total. The molecule has 0 aliphatic carbocycles. The van der Waals surface area contributed by atoms with Gasteiger partial charge in [-0.1, -0.05) is 13.8 Å². The van der Waals surface area contributed by atoms with Gasteiger partial charge in [0.1, 0.15) is 37.3 Å². The van der Waals surface area contributed by atoms with Gasteiger partial charge < -0.3 is 63.6 Å². The largest absolute Gasteiger partial charge is 0.508 e. The van der Waals surface area contributed by atoms with Gasteiger partial charge in [0.05, 0.1) is 39.1 Å². The van der Waals surface area contributed by atoms with Crippen LogP contribution in [0.3, 0.4) is 0 Å². The predicted molar refractivity (Wildman–Crippen MR) is 215 cm³/mol. The number of hydrogen-bond acceptors (Lipinski definition) is 16. The van der Waals surface area contributed by atoms with E-state index in [1.807, 2.05) is 35.4 Å². The van der Waals surface area contributed by atoms with Crippen molar-refractivity contribution in [1.82, 2.24) is 24.4 Å². The minimum Gasteiger partial charge on any atom is -0.433 e. The molecule has 0 fully saturated rings. The Morgan fingerprint density at radius 1 is 0.672 bits per heavy atom. The molecule has 0 aliphatic heterocycles. The summed E-state index contributed by atoms with van der Waals surface area (Å²) >= 11 is 0. The molecule has 2 unspecified atom stereocenters. The van der Waals surface area contributed by atoms with Gasteiger partial charge >= 0.3 is 18.3 Å². The van der Waals surface area contributed by atoms with E-state index in [9.17, 15) is 51.3 Å². The van der Waals surface area contributed by atoms with Crippen molar-refractivity contribution >= 4 is 24.2 Å². The number of nitrogens with one attached hydrogen (secondary N) is 1. The summed E-state index contributed by atoms with van der Waals surface area (Å²) in [6.07, 6.45) is 12.0. The molecule has 3 aromatic rings. The summed E-state index contributed by atoms with van der Waals surface area (Å²) in [5, 5.41) is 21.6. The summed E-state index contributed by atoms with van der Waals surface area (Å²) in [5.41, 5.74) is 2.00. The fourth-order valence-corrected chi connectivity index (χ4v) is 4.41. The number of aromatic nitrogens is 4. The van der Waals surface area contributed by atoms with Gasteiger partial charge in [-0.25, -0.2) is 32.7 Å². The van der Waals surface area contributed by atoms with Gasteiger partial charge in [-0.15, -0.1) is 0 Å². The first-order valence-corrected chi connectivity index (χ1v) is 20.1. The number of rotatable bonds is 26. The Bertz CT molecular complexity index is 1770. The number of nitrogens with zero attached hydrogens (tertiary/aromatic N) is 4. The average molecular weight is 927 g/mol. The lowest BCUT2D eigenvalue weighted by Gasteiger charge is -2.25. The molecule has 0 saturated carbocycles. The van der Waals surface area contributed by atoms with Gasteiger partial charge in [-0.2, -0.15) is 8.78 Å². The van der Waals surface area contributed by atoms with Crippen molar-refractivity contribution in [1.29, 1.82) is 0 Å². The molecular weight excluding hydrogens is 867 g/mol. The quantitative estimate of drug-likeness (QED) is 0.0221. The maximum absolute atomic E-state index is 13.6. The summed E-state index contributed by atoms with van der Waals surface area (Å²) in [6.45, 7) is 7.93. The van der Waals surface area contributed by atoms with Crippen LogP contribution in [0.1, 0.15) is 53.4 Å². The van der Waals surface area contributed by atoms with Crippen LogP contribution in [0.15, 0.2) is 37.4 Å². The number of nitrogens with two attached hydrogens (primary N) is 1. The molecule has 64 heavy (non-hydrogen) atoms. The molecule has 0 aliphatic rings. The molecule has 19 nitrogen and oxygen atoms in total. The van der Waals surface area contributed by atoms with E-state index in [0.717, 1.165) is 45.8 Å². The van der Waals surface area contributed by atoms with E-state index in [2.05, 4.69) is 29.5 Å². The lowest BCUT2D eigenvalue weighted by molar-refractivity contribution is -0.151. The topological polar surface area (TPSA) is 247 Å². The van der Waals surface area contributed by atoms with Crippen molar-refractivity contribution < 1.29 is 84.5 Å². The number of amides is 1. The van der Waals surface area contributed by atoms with E-state index in [-0.39, 0.29) is 38.9 Å². The molecular formula is C40H59F5N6O13. The number of esters is 1. The zero-order valence-corrected chi connectivity index (χ0v) is 36.3. The number of benzene rings is 1. The second kappa shape index (κ2) is 31.4. The number of imidazole rings is 2. The molecule has 2 heterocycles. The van der Waals surface area contributed by atoms with Crippen LogP contribution < -0.4 is 15.8 Å². The van der Waals surface area contributed by atoms with Gasteiger partial charge in [0.2, 0.25) is 40.7 Å². The maximum Gasteiger partial charge on any atom is 0.508 e. The second-order valence-corrected chi connectivity index (χ2v) is 14.1. The number of halogens is 5. The molecule has 0 saturated heterocycles. The number of ether oxygens (including phenoxy) is 7. The van der Waals surface area contributed by atoms with E-state index < -0.39 is 83.8 Å². The summed E-state index contributed by atoms with van der Waals surface area (Å²) in [4.78, 5) is 55.2. The Kier molecular flexibility index (Phi) is 27.8. The summed E-state index contributed by atoms with van der Waals surface area (Å²) in [6, 6.07) is 0. The number of aryl methyl sites for hydroxylation is 2. The Hall–Kier alpha value is -5.43. The number of hydrogen-bond donors (Lipinski definition) is 4. The van der Waals surface area contributed by atoms with E-state index in [0.29, 0.717) is 26.2 Å². The monoisotopic (exact) mass is 926 g/mol. The van der Waals surface area contributed by atoms with Crippen LogP contribution >= 0.6 is 0 Å². The van der Waals surface area contributed by atoms with Gasteiger partial charge in [0.15, 0.2) is 0 Å². The normalized spacial score (nSPS) is 12.6. The first-order valence-electron chi connectivity index (χ1n) is 20.1. The number of aliphatic hydroxyl groups excluding tert-OH is 2. The maximum atomic E-state index is 13.6. The SMILES string of the molecule is CCCOCCOC(=O)OCC(C)(CO)C(=O)NCCCn1ccnc1.CCCOCCOC(=O)OCC(C)(CO)C(=O)Oc1c(F)c(F)c(F)c(F)c1F.NCCCn1ccnc1. The van der Waals surface area contributed by atoms with Crippen molar-refractivity contribution in [3.05, 3.63) is 66.5 Å². The van der Waals surface area contributed by atoms with Crippen molar-refractivity contribution in [2.45, 2.75) is 66.5 Å². The Labute approximate surface area is 367 Å². The van der Waals surface area contributed by atoms with Crippen molar-refractivity contribution in [2.24, 2.45) is 16.6 Å². The lowest BCUT2D eigenvalue weighted by atomic mass is 9.92. The molecule has 3 rings (SSSR count). The highest BCUT2D eigenvalue weighted by atomic mass is 19.2. The predicted octanol–water partition coefficient (Wildman–Crippen LogP) is 4.07. The Morgan fingerprint density at radius 3 is 1.55 bits per heavy atom. The van der Waals surface area contributed by atoms with Gasteiger partial charge in [0, 0.05) is 57.6 Å². The minimum absolute atomic E-state index is 0.0785. The molecule has 0 spiro atoms. The Balaban J connectivity index is 0.000000536. The van der Waals surface area contributed by atoms with Crippen molar-refractivity contribution in [2.75, 3.05) is 79.2 Å². The highest BCUT2D eigenvalue weighted by Crippen LogP contribution is 2.31. The minimum atomic E-state index is -2.43.